The summed E-state index contributed by atoms with van der Waals surface area (Å²) in [6.07, 6.45) is 0.793. The second-order valence-corrected chi connectivity index (χ2v) is 10.8. The number of benzene rings is 2. The number of hydrogen-bond donors (Lipinski definition) is 0. The Hall–Kier alpha value is -1.64. The number of aromatic nitrogens is 1. The van der Waals surface area contributed by atoms with Crippen LogP contribution in [0.2, 0.25) is 10.0 Å². The average Bonchev–Trinajstić information content (AvgIpc) is 3.16. The van der Waals surface area contributed by atoms with Gasteiger partial charge in [0.2, 0.25) is 10.0 Å². The van der Waals surface area contributed by atoms with Gasteiger partial charge < -0.3 is 4.90 Å². The molecule has 1 aliphatic heterocycles. The molecular formula is C21H21Cl2N3O2S2. The Labute approximate surface area is 190 Å². The van der Waals surface area contributed by atoms with Gasteiger partial charge in [-0.1, -0.05) is 53.0 Å². The van der Waals surface area contributed by atoms with E-state index in [1.165, 1.54) is 27.6 Å². The Morgan fingerprint density at radius 2 is 1.83 bits per heavy atom. The molecule has 2 aromatic carbocycles. The summed E-state index contributed by atoms with van der Waals surface area (Å²) >= 11 is 13.6. The van der Waals surface area contributed by atoms with Crippen LogP contribution in [0.25, 0.3) is 0 Å². The van der Waals surface area contributed by atoms with Crippen LogP contribution in [0.1, 0.15) is 16.8 Å². The summed E-state index contributed by atoms with van der Waals surface area (Å²) in [4.78, 5) is 7.00. The first-order chi connectivity index (χ1) is 14.3. The highest BCUT2D eigenvalue weighted by atomic mass is 35.5. The number of anilines is 1. The van der Waals surface area contributed by atoms with E-state index < -0.39 is 10.0 Å². The lowest BCUT2D eigenvalue weighted by molar-refractivity contribution is 0.384. The predicted molar refractivity (Wildman–Crippen MR) is 124 cm³/mol. The van der Waals surface area contributed by atoms with E-state index in [4.69, 9.17) is 28.2 Å². The summed E-state index contributed by atoms with van der Waals surface area (Å²) in [7, 11) is -3.66. The summed E-state index contributed by atoms with van der Waals surface area (Å²) in [5.74, 6) is 0. The van der Waals surface area contributed by atoms with E-state index in [0.717, 1.165) is 17.2 Å². The summed E-state index contributed by atoms with van der Waals surface area (Å²) in [6.45, 7) is 4.02. The van der Waals surface area contributed by atoms with Gasteiger partial charge in [-0.2, -0.15) is 4.31 Å². The fourth-order valence-electron chi connectivity index (χ4n) is 3.50. The van der Waals surface area contributed by atoms with Crippen LogP contribution in [-0.4, -0.2) is 43.9 Å². The molecule has 9 heteroatoms. The van der Waals surface area contributed by atoms with E-state index >= 15 is 0 Å². The molecular weight excluding hydrogens is 461 g/mol. The van der Waals surface area contributed by atoms with Crippen LogP contribution in [0.5, 0.6) is 0 Å². The number of halogens is 2. The number of rotatable bonds is 5. The highest BCUT2D eigenvalue weighted by Gasteiger charge is 2.30. The van der Waals surface area contributed by atoms with Crippen molar-refractivity contribution in [3.63, 3.8) is 0 Å². The molecule has 4 rings (SSSR count). The summed E-state index contributed by atoms with van der Waals surface area (Å²) in [5, 5.41) is 3.56. The molecule has 1 aromatic heterocycles. The zero-order chi connectivity index (χ0) is 21.3. The molecule has 3 aromatic rings. The largest absolute Gasteiger partial charge is 0.345 e. The number of hydrogen-bond acceptors (Lipinski definition) is 5. The van der Waals surface area contributed by atoms with Crippen LogP contribution in [0.4, 0.5) is 5.13 Å². The number of sulfonamides is 1. The van der Waals surface area contributed by atoms with E-state index in [0.29, 0.717) is 31.2 Å². The quantitative estimate of drug-likeness (QED) is 0.521. The van der Waals surface area contributed by atoms with Crippen molar-refractivity contribution in [2.24, 2.45) is 0 Å². The van der Waals surface area contributed by atoms with Crippen molar-refractivity contribution in [1.82, 2.24) is 9.29 Å². The second kappa shape index (κ2) is 8.85. The summed E-state index contributed by atoms with van der Waals surface area (Å²) < 4.78 is 27.4. The standard InChI is InChI=1S/C21H21Cl2N3O2S2/c1-15-3-2-4-16(11-15)12-18-14-29-21(24-18)25-7-9-26(10-8-25)30(27,28)20-6-5-17(22)13-19(20)23/h2-6,11,13-14H,7-10,12H2,1H3. The fraction of sp³-hybridized carbons (Fsp3) is 0.286. The first-order valence-electron chi connectivity index (χ1n) is 9.53. The molecule has 1 saturated heterocycles. The third-order valence-electron chi connectivity index (χ3n) is 5.03. The van der Waals surface area contributed by atoms with Gasteiger partial charge in [-0.05, 0) is 30.7 Å². The van der Waals surface area contributed by atoms with Crippen molar-refractivity contribution >= 4 is 49.7 Å². The maximum Gasteiger partial charge on any atom is 0.244 e. The van der Waals surface area contributed by atoms with Gasteiger partial charge in [0.1, 0.15) is 4.90 Å². The van der Waals surface area contributed by atoms with Crippen molar-refractivity contribution < 1.29 is 8.42 Å². The van der Waals surface area contributed by atoms with E-state index in [1.54, 1.807) is 17.4 Å². The van der Waals surface area contributed by atoms with E-state index in [2.05, 4.69) is 41.5 Å². The molecule has 0 amide bonds. The Morgan fingerprint density at radius 3 is 2.53 bits per heavy atom. The van der Waals surface area contributed by atoms with Crippen LogP contribution in [0.15, 0.2) is 52.7 Å². The number of thiazole rings is 1. The molecule has 0 aliphatic carbocycles. The monoisotopic (exact) mass is 481 g/mol. The molecule has 0 saturated carbocycles. The van der Waals surface area contributed by atoms with Crippen LogP contribution < -0.4 is 4.90 Å². The topological polar surface area (TPSA) is 53.5 Å². The molecule has 0 atom stereocenters. The third kappa shape index (κ3) is 4.65. The van der Waals surface area contributed by atoms with Crippen molar-refractivity contribution in [3.05, 3.63) is 74.7 Å². The van der Waals surface area contributed by atoms with Gasteiger partial charge in [-0.3, -0.25) is 0 Å². The normalized spacial score (nSPS) is 15.5. The molecule has 1 fully saturated rings. The second-order valence-electron chi connectivity index (χ2n) is 7.25. The minimum absolute atomic E-state index is 0.0942. The fourth-order valence-corrected chi connectivity index (χ4v) is 6.54. The summed E-state index contributed by atoms with van der Waals surface area (Å²) in [5.41, 5.74) is 3.51. The van der Waals surface area contributed by atoms with E-state index in [-0.39, 0.29) is 9.92 Å². The minimum atomic E-state index is -3.66. The van der Waals surface area contributed by atoms with Gasteiger partial charge in [-0.25, -0.2) is 13.4 Å². The Morgan fingerprint density at radius 1 is 1.07 bits per heavy atom. The van der Waals surface area contributed by atoms with Crippen molar-refractivity contribution in [2.45, 2.75) is 18.2 Å². The minimum Gasteiger partial charge on any atom is -0.345 e. The highest BCUT2D eigenvalue weighted by molar-refractivity contribution is 7.89. The molecule has 0 unspecified atom stereocenters. The summed E-state index contributed by atoms with van der Waals surface area (Å²) in [6, 6.07) is 12.9. The lowest BCUT2D eigenvalue weighted by Crippen LogP contribution is -2.48. The maximum atomic E-state index is 13.0. The molecule has 0 N–H and O–H groups in total. The molecule has 5 nitrogen and oxygen atoms in total. The number of aryl methyl sites for hydroxylation is 1. The average molecular weight is 482 g/mol. The molecule has 1 aliphatic rings. The molecule has 30 heavy (non-hydrogen) atoms. The zero-order valence-electron chi connectivity index (χ0n) is 16.4. The predicted octanol–water partition coefficient (Wildman–Crippen LogP) is 4.86. The first-order valence-corrected chi connectivity index (χ1v) is 12.6. The molecule has 2 heterocycles. The molecule has 158 valence electrons. The molecule has 0 bridgehead atoms. The number of piperazine rings is 1. The highest BCUT2D eigenvalue weighted by Crippen LogP contribution is 2.29. The first kappa shape index (κ1) is 21.6. The third-order valence-corrected chi connectivity index (χ3v) is 8.60. The maximum absolute atomic E-state index is 13.0. The van der Waals surface area contributed by atoms with Gasteiger partial charge in [0.25, 0.3) is 0 Å². The Bertz CT molecular complexity index is 1160. The smallest absolute Gasteiger partial charge is 0.244 e. The van der Waals surface area contributed by atoms with Gasteiger partial charge >= 0.3 is 0 Å². The Kier molecular flexibility index (Phi) is 6.36. The van der Waals surface area contributed by atoms with Crippen molar-refractivity contribution in [3.8, 4) is 0 Å². The lowest BCUT2D eigenvalue weighted by atomic mass is 10.1. The van der Waals surface area contributed by atoms with Crippen LogP contribution >= 0.6 is 34.5 Å². The van der Waals surface area contributed by atoms with Crippen LogP contribution in [0, 0.1) is 6.92 Å². The zero-order valence-corrected chi connectivity index (χ0v) is 19.5. The van der Waals surface area contributed by atoms with Gasteiger partial charge in [0.05, 0.1) is 10.7 Å². The number of nitrogens with zero attached hydrogens (tertiary/aromatic N) is 3. The van der Waals surface area contributed by atoms with Gasteiger partial charge in [0.15, 0.2) is 5.13 Å². The molecule has 0 radical (unpaired) electrons. The van der Waals surface area contributed by atoms with Crippen LogP contribution in [-0.2, 0) is 16.4 Å². The van der Waals surface area contributed by atoms with Crippen molar-refractivity contribution in [1.29, 1.82) is 0 Å². The lowest BCUT2D eigenvalue weighted by Gasteiger charge is -2.33. The van der Waals surface area contributed by atoms with E-state index in [1.807, 2.05) is 0 Å². The molecule has 0 spiro atoms. The van der Waals surface area contributed by atoms with Gasteiger partial charge in [0, 0.05) is 43.0 Å². The SMILES string of the molecule is Cc1cccc(Cc2csc(N3CCN(S(=O)(=O)c4ccc(Cl)cc4Cl)CC3)n2)c1. The van der Waals surface area contributed by atoms with Crippen LogP contribution in [0.3, 0.4) is 0 Å². The Balaban J connectivity index is 1.42. The van der Waals surface area contributed by atoms with Crippen molar-refractivity contribution in [2.75, 3.05) is 31.1 Å². The van der Waals surface area contributed by atoms with Gasteiger partial charge in [-0.15, -0.1) is 11.3 Å². The van der Waals surface area contributed by atoms with E-state index in [9.17, 15) is 8.42 Å².